The maximum atomic E-state index is 12.4. The van der Waals surface area contributed by atoms with Gasteiger partial charge in [0.1, 0.15) is 11.6 Å². The Labute approximate surface area is 147 Å². The van der Waals surface area contributed by atoms with Gasteiger partial charge in [-0.15, -0.1) is 0 Å². The number of aryl methyl sites for hydroxylation is 2. The molecule has 0 bridgehead atoms. The van der Waals surface area contributed by atoms with Crippen LogP contribution in [0.3, 0.4) is 0 Å². The summed E-state index contributed by atoms with van der Waals surface area (Å²) in [5.74, 6) is 2.23. The Morgan fingerprint density at radius 2 is 2.20 bits per heavy atom. The third-order valence-electron chi connectivity index (χ3n) is 5.31. The Bertz CT molecular complexity index is 779. The van der Waals surface area contributed by atoms with E-state index in [0.29, 0.717) is 18.1 Å². The van der Waals surface area contributed by atoms with E-state index < -0.39 is 0 Å². The van der Waals surface area contributed by atoms with Crippen LogP contribution in [-0.2, 0) is 24.7 Å². The minimum Gasteiger partial charge on any atom is -0.360 e. The molecule has 1 saturated heterocycles. The molecule has 1 aliphatic carbocycles. The van der Waals surface area contributed by atoms with Crippen molar-refractivity contribution in [3.05, 3.63) is 29.0 Å². The van der Waals surface area contributed by atoms with Crippen molar-refractivity contribution in [2.45, 2.75) is 51.5 Å². The monoisotopic (exact) mass is 343 g/mol. The summed E-state index contributed by atoms with van der Waals surface area (Å²) >= 11 is 0. The van der Waals surface area contributed by atoms with E-state index in [2.05, 4.69) is 27.0 Å². The number of hydrogen-bond donors (Lipinski definition) is 1. The summed E-state index contributed by atoms with van der Waals surface area (Å²) in [7, 11) is 2.13. The van der Waals surface area contributed by atoms with Crippen LogP contribution in [0, 0.1) is 6.92 Å². The lowest BCUT2D eigenvalue weighted by atomic mass is 10.0. The summed E-state index contributed by atoms with van der Waals surface area (Å²) in [6, 6.07) is 1.95. The van der Waals surface area contributed by atoms with Crippen LogP contribution in [0.15, 0.2) is 10.6 Å². The Hall–Kier alpha value is -2.15. The molecule has 0 saturated carbocycles. The quantitative estimate of drug-likeness (QED) is 0.922. The Balaban J connectivity index is 1.47. The highest BCUT2D eigenvalue weighted by atomic mass is 16.5. The molecule has 134 valence electrons. The molecule has 4 rings (SSSR count). The first-order valence-electron chi connectivity index (χ1n) is 9.13. The van der Waals surface area contributed by atoms with Gasteiger partial charge in [0.2, 0.25) is 5.91 Å². The van der Waals surface area contributed by atoms with Crippen molar-refractivity contribution >= 4 is 11.7 Å². The van der Waals surface area contributed by atoms with Gasteiger partial charge in [0.25, 0.3) is 0 Å². The van der Waals surface area contributed by atoms with Gasteiger partial charge in [-0.1, -0.05) is 5.16 Å². The summed E-state index contributed by atoms with van der Waals surface area (Å²) < 4.78 is 7.27. The second-order valence-corrected chi connectivity index (χ2v) is 7.13. The van der Waals surface area contributed by atoms with Crippen molar-refractivity contribution in [2.24, 2.45) is 7.05 Å². The fourth-order valence-corrected chi connectivity index (χ4v) is 4.10. The highest BCUT2D eigenvalue weighted by Gasteiger charge is 2.32. The highest BCUT2D eigenvalue weighted by molar-refractivity contribution is 5.91. The maximum absolute atomic E-state index is 12.4. The third-order valence-corrected chi connectivity index (χ3v) is 5.31. The average Bonchev–Trinajstić information content (AvgIpc) is 3.28. The molecule has 1 fully saturated rings. The van der Waals surface area contributed by atoms with Gasteiger partial charge in [-0.3, -0.25) is 9.69 Å². The van der Waals surface area contributed by atoms with Crippen LogP contribution >= 0.6 is 0 Å². The predicted molar refractivity (Wildman–Crippen MR) is 93.3 cm³/mol. The van der Waals surface area contributed by atoms with E-state index in [-0.39, 0.29) is 11.9 Å². The number of imidazole rings is 1. The molecule has 0 spiro atoms. The number of aromatic nitrogens is 3. The number of likely N-dealkylation sites (tertiary alicyclic amines) is 1. The minimum atomic E-state index is -0.0563. The Morgan fingerprint density at radius 3 is 2.96 bits per heavy atom. The zero-order valence-electron chi connectivity index (χ0n) is 14.9. The minimum absolute atomic E-state index is 0.0563. The van der Waals surface area contributed by atoms with Crippen molar-refractivity contribution in [3.63, 3.8) is 0 Å². The number of anilines is 1. The van der Waals surface area contributed by atoms with Crippen molar-refractivity contribution < 1.29 is 9.32 Å². The van der Waals surface area contributed by atoms with E-state index in [4.69, 9.17) is 9.51 Å². The first-order chi connectivity index (χ1) is 12.1. The van der Waals surface area contributed by atoms with Gasteiger partial charge in [-0.05, 0) is 52.0 Å². The number of carbonyl (C=O) groups excluding carboxylic acids is 1. The largest absolute Gasteiger partial charge is 0.360 e. The zero-order valence-corrected chi connectivity index (χ0v) is 14.9. The second-order valence-electron chi connectivity index (χ2n) is 7.13. The average molecular weight is 343 g/mol. The molecular weight excluding hydrogens is 318 g/mol. The molecule has 1 aliphatic heterocycles. The van der Waals surface area contributed by atoms with Gasteiger partial charge in [-0.25, -0.2) is 4.98 Å². The number of amides is 1. The van der Waals surface area contributed by atoms with Crippen molar-refractivity contribution in [2.75, 3.05) is 18.4 Å². The molecule has 2 aromatic rings. The van der Waals surface area contributed by atoms with Crippen LogP contribution in [0.5, 0.6) is 0 Å². The van der Waals surface area contributed by atoms with Crippen LogP contribution in [0.1, 0.15) is 54.7 Å². The van der Waals surface area contributed by atoms with Crippen LogP contribution in [0.4, 0.5) is 5.82 Å². The first kappa shape index (κ1) is 16.3. The first-order valence-corrected chi connectivity index (χ1v) is 9.13. The number of fused-ring (bicyclic) bond motifs is 1. The van der Waals surface area contributed by atoms with Gasteiger partial charge < -0.3 is 14.4 Å². The molecule has 1 unspecified atom stereocenters. The topological polar surface area (TPSA) is 76.2 Å². The second kappa shape index (κ2) is 6.63. The van der Waals surface area contributed by atoms with Crippen LogP contribution in [0.2, 0.25) is 0 Å². The van der Waals surface area contributed by atoms with E-state index in [1.807, 2.05) is 6.92 Å². The number of carbonyl (C=O) groups is 1. The van der Waals surface area contributed by atoms with Crippen molar-refractivity contribution in [3.8, 4) is 0 Å². The molecular formula is C18H25N5O2. The number of hydrogen-bond acceptors (Lipinski definition) is 5. The van der Waals surface area contributed by atoms with E-state index in [1.54, 1.807) is 6.07 Å². The third kappa shape index (κ3) is 3.20. The van der Waals surface area contributed by atoms with Crippen LogP contribution < -0.4 is 5.32 Å². The lowest BCUT2D eigenvalue weighted by molar-refractivity contribution is -0.117. The predicted octanol–water partition coefficient (Wildman–Crippen LogP) is 2.37. The molecule has 7 heteroatoms. The molecule has 7 nitrogen and oxygen atoms in total. The summed E-state index contributed by atoms with van der Waals surface area (Å²) in [5, 5.41) is 6.64. The number of nitrogens with zero attached hydrogens (tertiary/aromatic N) is 4. The summed E-state index contributed by atoms with van der Waals surface area (Å²) in [5.41, 5.74) is 2.65. The van der Waals surface area contributed by atoms with Crippen molar-refractivity contribution in [1.82, 2.24) is 19.6 Å². The number of rotatable bonds is 4. The lowest BCUT2D eigenvalue weighted by Gasteiger charge is -2.23. The van der Waals surface area contributed by atoms with E-state index in [9.17, 15) is 4.79 Å². The fourth-order valence-electron chi connectivity index (χ4n) is 4.10. The maximum Gasteiger partial charge on any atom is 0.239 e. The summed E-state index contributed by atoms with van der Waals surface area (Å²) in [6.07, 6.45) is 6.84. The van der Waals surface area contributed by atoms with Crippen LogP contribution in [0.25, 0.3) is 0 Å². The zero-order chi connectivity index (χ0) is 17.4. The van der Waals surface area contributed by atoms with Crippen molar-refractivity contribution in [1.29, 1.82) is 0 Å². The van der Waals surface area contributed by atoms with Gasteiger partial charge in [0.15, 0.2) is 5.82 Å². The SMILES string of the molecule is Cc1cc(NC(=O)CN2CCCC2c2nc3c(n2C)CCCC3)no1. The summed E-state index contributed by atoms with van der Waals surface area (Å²) in [4.78, 5) is 19.5. The molecule has 25 heavy (non-hydrogen) atoms. The molecule has 1 amide bonds. The molecule has 3 heterocycles. The molecule has 2 aliphatic rings. The molecule has 0 aromatic carbocycles. The standard InChI is InChI=1S/C18H25N5O2/c1-12-10-16(21-25-12)20-17(24)11-23-9-5-8-15(23)18-19-13-6-3-4-7-14(13)22(18)2/h10,15H,3-9,11H2,1-2H3,(H,20,21,24). The molecule has 0 radical (unpaired) electrons. The number of nitrogens with one attached hydrogen (secondary N) is 1. The van der Waals surface area contributed by atoms with Gasteiger partial charge >= 0.3 is 0 Å². The Morgan fingerprint density at radius 1 is 1.36 bits per heavy atom. The highest BCUT2D eigenvalue weighted by Crippen LogP contribution is 2.33. The normalized spacial score (nSPS) is 20.6. The van der Waals surface area contributed by atoms with Gasteiger partial charge in [-0.2, -0.15) is 0 Å². The molecule has 1 N–H and O–H groups in total. The van der Waals surface area contributed by atoms with E-state index >= 15 is 0 Å². The van der Waals surface area contributed by atoms with Gasteiger partial charge in [0, 0.05) is 18.8 Å². The van der Waals surface area contributed by atoms with Gasteiger partial charge in [0.05, 0.1) is 18.3 Å². The molecule has 1 atom stereocenters. The Kier molecular flexibility index (Phi) is 4.33. The van der Waals surface area contributed by atoms with E-state index in [0.717, 1.165) is 38.1 Å². The lowest BCUT2D eigenvalue weighted by Crippen LogP contribution is -2.34. The van der Waals surface area contributed by atoms with Crippen LogP contribution in [-0.4, -0.2) is 38.6 Å². The van der Waals surface area contributed by atoms with E-state index in [1.165, 1.54) is 24.2 Å². The molecule has 2 aromatic heterocycles. The summed E-state index contributed by atoms with van der Waals surface area (Å²) in [6.45, 7) is 3.09. The fraction of sp³-hybridized carbons (Fsp3) is 0.611. The smallest absolute Gasteiger partial charge is 0.239 e.